The number of hydrogen-bond donors (Lipinski definition) is 1. The number of fused-ring (bicyclic) bond motifs is 1. The molecule has 1 aliphatic rings. The van der Waals surface area contributed by atoms with Crippen molar-refractivity contribution in [1.29, 1.82) is 0 Å². The van der Waals surface area contributed by atoms with Gasteiger partial charge < -0.3 is 4.98 Å². The van der Waals surface area contributed by atoms with Crippen molar-refractivity contribution in [1.82, 2.24) is 9.97 Å². The quantitative estimate of drug-likeness (QED) is 0.722. The summed E-state index contributed by atoms with van der Waals surface area (Å²) in [6, 6.07) is 19.4. The lowest BCUT2D eigenvalue weighted by Crippen LogP contribution is -2.32. The molecule has 0 saturated heterocycles. The fourth-order valence-electron chi connectivity index (χ4n) is 4.00. The Kier molecular flexibility index (Phi) is 3.45. The van der Waals surface area contributed by atoms with Gasteiger partial charge in [0.15, 0.2) is 0 Å². The van der Waals surface area contributed by atoms with Crippen LogP contribution in [0.5, 0.6) is 0 Å². The number of aromatic amines is 1. The second-order valence-corrected chi connectivity index (χ2v) is 6.58. The summed E-state index contributed by atoms with van der Waals surface area (Å²) in [5.41, 5.74) is 3.97. The molecule has 1 aliphatic carbocycles. The molecule has 1 heterocycles. The van der Waals surface area contributed by atoms with E-state index in [0.29, 0.717) is 0 Å². The van der Waals surface area contributed by atoms with Crippen molar-refractivity contribution in [3.05, 3.63) is 66.0 Å². The average molecular weight is 290 g/mol. The minimum Gasteiger partial charge on any atom is -0.342 e. The van der Waals surface area contributed by atoms with Gasteiger partial charge in [-0.2, -0.15) is 0 Å². The Bertz CT molecular complexity index is 718. The molecule has 3 aromatic rings. The van der Waals surface area contributed by atoms with E-state index in [1.807, 2.05) is 0 Å². The summed E-state index contributed by atoms with van der Waals surface area (Å²) in [4.78, 5) is 8.35. The molecule has 0 spiro atoms. The van der Waals surface area contributed by atoms with Crippen molar-refractivity contribution < 1.29 is 0 Å². The monoisotopic (exact) mass is 290 g/mol. The molecule has 0 radical (unpaired) electrons. The van der Waals surface area contributed by atoms with Crippen molar-refractivity contribution in [2.24, 2.45) is 0 Å². The molecule has 0 amide bonds. The Morgan fingerprint density at radius 2 is 1.59 bits per heavy atom. The van der Waals surface area contributed by atoms with Gasteiger partial charge in [-0.25, -0.2) is 4.98 Å². The predicted molar refractivity (Wildman–Crippen MR) is 91.0 cm³/mol. The van der Waals surface area contributed by atoms with Gasteiger partial charge in [0, 0.05) is 11.8 Å². The molecule has 2 nitrogen and oxygen atoms in total. The highest BCUT2D eigenvalue weighted by atomic mass is 14.9. The Hall–Kier alpha value is -2.09. The van der Waals surface area contributed by atoms with Crippen LogP contribution in [0.2, 0.25) is 0 Å². The Morgan fingerprint density at radius 3 is 2.36 bits per heavy atom. The second-order valence-electron chi connectivity index (χ2n) is 6.58. The number of benzene rings is 2. The van der Waals surface area contributed by atoms with Crippen molar-refractivity contribution in [3.63, 3.8) is 0 Å². The molecule has 0 unspecified atom stereocenters. The van der Waals surface area contributed by atoms with E-state index >= 15 is 0 Å². The molecule has 112 valence electrons. The third-order valence-electron chi connectivity index (χ3n) is 5.14. The van der Waals surface area contributed by atoms with Crippen molar-refractivity contribution in [2.45, 2.75) is 43.9 Å². The number of rotatable bonds is 3. The highest BCUT2D eigenvalue weighted by molar-refractivity contribution is 5.74. The topological polar surface area (TPSA) is 28.7 Å². The standard InChI is InChI=1S/C20H22N2/c1-3-9-16(10-4-1)20(13-7-2-8-14-20)15-19-21-17-11-5-6-12-18(17)22-19/h1,3-6,9-12H,2,7-8,13-15H2,(H,21,22). The lowest BCUT2D eigenvalue weighted by Gasteiger charge is -2.37. The lowest BCUT2D eigenvalue weighted by atomic mass is 9.67. The zero-order valence-corrected chi connectivity index (χ0v) is 12.9. The first-order chi connectivity index (χ1) is 10.9. The van der Waals surface area contributed by atoms with Crippen LogP contribution < -0.4 is 0 Å². The molecule has 2 heteroatoms. The van der Waals surface area contributed by atoms with E-state index in [4.69, 9.17) is 4.98 Å². The largest absolute Gasteiger partial charge is 0.342 e. The third-order valence-corrected chi connectivity index (χ3v) is 5.14. The summed E-state index contributed by atoms with van der Waals surface area (Å²) in [5.74, 6) is 1.13. The smallest absolute Gasteiger partial charge is 0.108 e. The van der Waals surface area contributed by atoms with Crippen LogP contribution in [0.4, 0.5) is 0 Å². The van der Waals surface area contributed by atoms with E-state index in [2.05, 4.69) is 59.6 Å². The van der Waals surface area contributed by atoms with Gasteiger partial charge in [-0.15, -0.1) is 0 Å². The summed E-state index contributed by atoms with van der Waals surface area (Å²) in [6.07, 6.45) is 7.59. The average Bonchev–Trinajstić information content (AvgIpc) is 2.98. The summed E-state index contributed by atoms with van der Waals surface area (Å²) in [5, 5.41) is 0. The third kappa shape index (κ3) is 2.43. The first-order valence-electron chi connectivity index (χ1n) is 8.35. The normalized spacial score (nSPS) is 17.6. The zero-order valence-electron chi connectivity index (χ0n) is 12.9. The number of hydrogen-bond acceptors (Lipinski definition) is 1. The molecule has 1 aromatic heterocycles. The molecule has 1 saturated carbocycles. The fourth-order valence-corrected chi connectivity index (χ4v) is 4.00. The van der Waals surface area contributed by atoms with E-state index in [9.17, 15) is 0 Å². The summed E-state index contributed by atoms with van der Waals surface area (Å²) < 4.78 is 0. The fraction of sp³-hybridized carbons (Fsp3) is 0.350. The maximum absolute atomic E-state index is 4.82. The van der Waals surface area contributed by atoms with Gasteiger partial charge >= 0.3 is 0 Å². The van der Waals surface area contributed by atoms with Crippen LogP contribution in [-0.2, 0) is 11.8 Å². The number of imidazole rings is 1. The van der Waals surface area contributed by atoms with Crippen LogP contribution in [-0.4, -0.2) is 9.97 Å². The number of nitrogens with one attached hydrogen (secondary N) is 1. The summed E-state index contributed by atoms with van der Waals surface area (Å²) in [7, 11) is 0. The number of aromatic nitrogens is 2. The molecule has 4 rings (SSSR count). The molecule has 0 atom stereocenters. The molecule has 22 heavy (non-hydrogen) atoms. The van der Waals surface area contributed by atoms with E-state index in [-0.39, 0.29) is 5.41 Å². The molecule has 2 aromatic carbocycles. The van der Waals surface area contributed by atoms with Gasteiger partial charge in [-0.3, -0.25) is 0 Å². The van der Waals surface area contributed by atoms with Gasteiger partial charge in [-0.05, 0) is 30.5 Å². The van der Waals surface area contributed by atoms with Crippen LogP contribution in [0, 0.1) is 0 Å². The van der Waals surface area contributed by atoms with E-state index in [0.717, 1.165) is 23.3 Å². The molecular formula is C20H22N2. The van der Waals surface area contributed by atoms with Crippen LogP contribution in [0.25, 0.3) is 11.0 Å². The predicted octanol–water partition coefficient (Wildman–Crippen LogP) is 5.01. The van der Waals surface area contributed by atoms with E-state index in [1.54, 1.807) is 0 Å². The second kappa shape index (κ2) is 5.60. The molecule has 0 aliphatic heterocycles. The Morgan fingerprint density at radius 1 is 0.864 bits per heavy atom. The first kappa shape index (κ1) is 13.6. The number of para-hydroxylation sites is 2. The highest BCUT2D eigenvalue weighted by Gasteiger charge is 2.34. The van der Waals surface area contributed by atoms with Crippen molar-refractivity contribution in [2.75, 3.05) is 0 Å². The first-order valence-corrected chi connectivity index (χ1v) is 8.35. The summed E-state index contributed by atoms with van der Waals surface area (Å²) in [6.45, 7) is 0. The van der Waals surface area contributed by atoms with Gasteiger partial charge in [-0.1, -0.05) is 61.7 Å². The Balaban J connectivity index is 1.72. The van der Waals surface area contributed by atoms with Crippen molar-refractivity contribution in [3.8, 4) is 0 Å². The van der Waals surface area contributed by atoms with Crippen LogP contribution >= 0.6 is 0 Å². The molecule has 1 N–H and O–H groups in total. The molecular weight excluding hydrogens is 268 g/mol. The SMILES string of the molecule is c1ccc(C2(Cc3nc4ccccc4[nH]3)CCCCC2)cc1. The van der Waals surface area contributed by atoms with Gasteiger partial charge in [0.1, 0.15) is 5.82 Å². The van der Waals surface area contributed by atoms with Crippen LogP contribution in [0.1, 0.15) is 43.5 Å². The lowest BCUT2D eigenvalue weighted by molar-refractivity contribution is 0.286. The van der Waals surface area contributed by atoms with E-state index < -0.39 is 0 Å². The summed E-state index contributed by atoms with van der Waals surface area (Å²) >= 11 is 0. The maximum Gasteiger partial charge on any atom is 0.108 e. The van der Waals surface area contributed by atoms with Crippen LogP contribution in [0.15, 0.2) is 54.6 Å². The van der Waals surface area contributed by atoms with Crippen molar-refractivity contribution >= 4 is 11.0 Å². The Labute approximate surface area is 131 Å². The molecule has 1 fully saturated rings. The minimum absolute atomic E-state index is 0.257. The number of nitrogens with zero attached hydrogens (tertiary/aromatic N) is 1. The number of H-pyrrole nitrogens is 1. The minimum atomic E-state index is 0.257. The highest BCUT2D eigenvalue weighted by Crippen LogP contribution is 2.41. The van der Waals surface area contributed by atoms with Crippen LogP contribution in [0.3, 0.4) is 0 Å². The maximum atomic E-state index is 4.82. The van der Waals surface area contributed by atoms with E-state index in [1.165, 1.54) is 37.7 Å². The zero-order chi connectivity index (χ0) is 14.8. The van der Waals surface area contributed by atoms with Gasteiger partial charge in [0.05, 0.1) is 11.0 Å². The molecule has 0 bridgehead atoms. The van der Waals surface area contributed by atoms with Gasteiger partial charge in [0.2, 0.25) is 0 Å². The van der Waals surface area contributed by atoms with Gasteiger partial charge in [0.25, 0.3) is 0 Å².